The molecule has 0 aliphatic heterocycles. The molecule has 1 aliphatic rings. The number of hydrogen-bond acceptors (Lipinski definition) is 10. The first kappa shape index (κ1) is 12.7. The van der Waals surface area contributed by atoms with Crippen LogP contribution in [0.25, 0.3) is 0 Å². The molecule has 0 atom stereocenters. The summed E-state index contributed by atoms with van der Waals surface area (Å²) in [6, 6.07) is 0.264. The molecular formula is C8H9N9O2S. The quantitative estimate of drug-likeness (QED) is 0.337. The number of tetrazole rings is 1. The molecule has 3 N–H and O–H groups in total. The number of hydrogen-bond donors (Lipinski definition) is 2. The van der Waals surface area contributed by atoms with E-state index < -0.39 is 4.92 Å². The smallest absolute Gasteiger partial charge is 0.292 e. The van der Waals surface area contributed by atoms with E-state index in [2.05, 4.69) is 30.9 Å². The number of nitrogen functional groups attached to an aromatic ring is 1. The zero-order valence-corrected chi connectivity index (χ0v) is 10.8. The van der Waals surface area contributed by atoms with Gasteiger partial charge in [-0.2, -0.15) is 4.98 Å². The third kappa shape index (κ3) is 2.37. The second-order valence-electron chi connectivity index (χ2n) is 4.02. The van der Waals surface area contributed by atoms with Crippen molar-refractivity contribution in [1.82, 2.24) is 30.2 Å². The van der Waals surface area contributed by atoms with E-state index >= 15 is 0 Å². The molecule has 11 nitrogen and oxygen atoms in total. The van der Waals surface area contributed by atoms with Crippen LogP contribution in [0.1, 0.15) is 18.9 Å². The molecule has 0 radical (unpaired) electrons. The van der Waals surface area contributed by atoms with Crippen LogP contribution in [0.3, 0.4) is 0 Å². The van der Waals surface area contributed by atoms with Gasteiger partial charge in [0, 0.05) is 0 Å². The summed E-state index contributed by atoms with van der Waals surface area (Å²) in [4.78, 5) is 18.1. The van der Waals surface area contributed by atoms with Crippen molar-refractivity contribution in [1.29, 1.82) is 0 Å². The molecule has 20 heavy (non-hydrogen) atoms. The molecule has 3 rings (SSSR count). The molecule has 1 fully saturated rings. The molecule has 2 aromatic rings. The number of aromatic nitrogens is 6. The van der Waals surface area contributed by atoms with Gasteiger partial charge in [-0.25, -0.2) is 15.5 Å². The molecule has 0 bridgehead atoms. The lowest BCUT2D eigenvalue weighted by molar-refractivity contribution is -0.388. The average molecular weight is 295 g/mol. The van der Waals surface area contributed by atoms with Gasteiger partial charge in [0.15, 0.2) is 5.03 Å². The lowest BCUT2D eigenvalue weighted by atomic mass is 10.5. The van der Waals surface area contributed by atoms with Crippen LogP contribution < -0.4 is 11.3 Å². The molecular weight excluding hydrogens is 286 g/mol. The Labute approximate surface area is 116 Å². The summed E-state index contributed by atoms with van der Waals surface area (Å²) in [5.74, 6) is 5.29. The largest absolute Gasteiger partial charge is 0.320 e. The minimum atomic E-state index is -0.562. The van der Waals surface area contributed by atoms with Crippen LogP contribution in [0.4, 0.5) is 11.6 Å². The average Bonchev–Trinajstić information content (AvgIpc) is 3.19. The Hall–Kier alpha value is -2.34. The zero-order valence-electron chi connectivity index (χ0n) is 10.0. The van der Waals surface area contributed by atoms with Gasteiger partial charge in [-0.15, -0.1) is 5.10 Å². The van der Waals surface area contributed by atoms with Crippen molar-refractivity contribution in [3.63, 3.8) is 0 Å². The van der Waals surface area contributed by atoms with E-state index in [1.165, 1.54) is 0 Å². The van der Waals surface area contributed by atoms with Crippen LogP contribution in [-0.2, 0) is 0 Å². The fourth-order valence-electron chi connectivity index (χ4n) is 1.52. The summed E-state index contributed by atoms with van der Waals surface area (Å²) in [6.07, 6.45) is 3.09. The summed E-state index contributed by atoms with van der Waals surface area (Å²) in [5.41, 5.74) is 2.02. The van der Waals surface area contributed by atoms with Crippen molar-refractivity contribution in [2.75, 3.05) is 5.43 Å². The van der Waals surface area contributed by atoms with Gasteiger partial charge in [0.05, 0.1) is 11.0 Å². The van der Waals surface area contributed by atoms with Gasteiger partial charge in [-0.1, -0.05) is 0 Å². The normalized spacial score (nSPS) is 14.2. The molecule has 0 saturated heterocycles. The third-order valence-corrected chi connectivity index (χ3v) is 3.55. The first-order valence-electron chi connectivity index (χ1n) is 5.63. The van der Waals surface area contributed by atoms with Crippen LogP contribution in [0.2, 0.25) is 0 Å². The summed E-state index contributed by atoms with van der Waals surface area (Å²) < 4.78 is 1.64. The maximum absolute atomic E-state index is 11.0. The molecule has 1 aliphatic carbocycles. The van der Waals surface area contributed by atoms with Crippen molar-refractivity contribution < 1.29 is 4.92 Å². The number of anilines is 1. The summed E-state index contributed by atoms with van der Waals surface area (Å²) >= 11 is 1.01. The van der Waals surface area contributed by atoms with Gasteiger partial charge in [-0.3, -0.25) is 15.5 Å². The minimum absolute atomic E-state index is 0.0866. The Morgan fingerprint density at radius 2 is 2.35 bits per heavy atom. The highest BCUT2D eigenvalue weighted by molar-refractivity contribution is 7.99. The fourth-order valence-corrected chi connectivity index (χ4v) is 2.41. The SMILES string of the molecule is NNc1ncc([N+](=O)[O-])c(Sc2nnnn2C2CC2)n1. The van der Waals surface area contributed by atoms with E-state index in [0.29, 0.717) is 5.16 Å². The number of nitrogens with one attached hydrogen (secondary N) is 1. The van der Waals surface area contributed by atoms with Crippen molar-refractivity contribution in [2.45, 2.75) is 29.1 Å². The highest BCUT2D eigenvalue weighted by Gasteiger charge is 2.29. The van der Waals surface area contributed by atoms with Crippen LogP contribution in [0.15, 0.2) is 16.4 Å². The van der Waals surface area contributed by atoms with E-state index in [4.69, 9.17) is 5.84 Å². The molecule has 0 unspecified atom stereocenters. The van der Waals surface area contributed by atoms with Crippen molar-refractivity contribution in [3.8, 4) is 0 Å². The first-order valence-corrected chi connectivity index (χ1v) is 6.44. The first-order chi connectivity index (χ1) is 9.69. The molecule has 0 aromatic carbocycles. The van der Waals surface area contributed by atoms with E-state index in [9.17, 15) is 10.1 Å². The molecule has 0 spiro atoms. The van der Waals surface area contributed by atoms with Crippen LogP contribution >= 0.6 is 11.8 Å². The zero-order chi connectivity index (χ0) is 14.1. The van der Waals surface area contributed by atoms with Gasteiger partial charge < -0.3 is 0 Å². The van der Waals surface area contributed by atoms with E-state index in [1.54, 1.807) is 4.68 Å². The maximum atomic E-state index is 11.0. The Morgan fingerprint density at radius 3 is 3.00 bits per heavy atom. The fraction of sp³-hybridized carbons (Fsp3) is 0.375. The topological polar surface area (TPSA) is 151 Å². The predicted octanol–water partition coefficient (Wildman–Crippen LogP) is 0.143. The molecule has 2 aromatic heterocycles. The van der Waals surface area contributed by atoms with Crippen LogP contribution in [0.5, 0.6) is 0 Å². The number of nitro groups is 1. The monoisotopic (exact) mass is 295 g/mol. The summed E-state index contributed by atoms with van der Waals surface area (Å²) in [5, 5.41) is 22.9. The minimum Gasteiger partial charge on any atom is -0.292 e. The predicted molar refractivity (Wildman–Crippen MR) is 66.7 cm³/mol. The van der Waals surface area contributed by atoms with Crippen LogP contribution in [0, 0.1) is 10.1 Å². The Balaban J connectivity index is 1.95. The number of nitrogens with two attached hydrogens (primary N) is 1. The second-order valence-corrected chi connectivity index (χ2v) is 4.98. The summed E-state index contributed by atoms with van der Waals surface area (Å²) in [6.45, 7) is 0. The van der Waals surface area contributed by atoms with E-state index in [1.807, 2.05) is 0 Å². The Bertz CT molecular complexity index is 655. The van der Waals surface area contributed by atoms with Gasteiger partial charge in [0.1, 0.15) is 6.20 Å². The molecule has 2 heterocycles. The lowest BCUT2D eigenvalue weighted by Crippen LogP contribution is -2.11. The standard InChI is InChI=1S/C8H9N9O2S/c9-12-7-10-3-5(17(18)19)6(11-7)20-8-13-14-15-16(8)4-1-2-4/h3-4H,1-2,9H2,(H,10,11,12). The maximum Gasteiger partial charge on any atom is 0.320 e. The molecule has 12 heteroatoms. The highest BCUT2D eigenvalue weighted by Crippen LogP contribution is 2.39. The molecule has 1 saturated carbocycles. The van der Waals surface area contributed by atoms with E-state index in [0.717, 1.165) is 30.8 Å². The highest BCUT2D eigenvalue weighted by atomic mass is 32.2. The number of hydrazine groups is 1. The Kier molecular flexibility index (Phi) is 3.15. The van der Waals surface area contributed by atoms with Gasteiger partial charge in [0.2, 0.25) is 11.1 Å². The van der Waals surface area contributed by atoms with Crippen molar-refractivity contribution >= 4 is 23.4 Å². The van der Waals surface area contributed by atoms with Gasteiger partial charge in [-0.05, 0) is 35.0 Å². The third-order valence-electron chi connectivity index (χ3n) is 2.60. The Morgan fingerprint density at radius 1 is 1.55 bits per heavy atom. The number of nitrogens with zero attached hydrogens (tertiary/aromatic N) is 7. The molecule has 104 valence electrons. The lowest BCUT2D eigenvalue weighted by Gasteiger charge is -2.04. The van der Waals surface area contributed by atoms with Gasteiger partial charge >= 0.3 is 5.69 Å². The van der Waals surface area contributed by atoms with Crippen LogP contribution in [-0.4, -0.2) is 35.1 Å². The van der Waals surface area contributed by atoms with Crippen molar-refractivity contribution in [2.24, 2.45) is 5.84 Å². The molecule has 0 amide bonds. The summed E-state index contributed by atoms with van der Waals surface area (Å²) in [7, 11) is 0. The second kappa shape index (κ2) is 4.97. The van der Waals surface area contributed by atoms with E-state index in [-0.39, 0.29) is 22.7 Å². The van der Waals surface area contributed by atoms with Crippen molar-refractivity contribution in [3.05, 3.63) is 16.3 Å². The number of rotatable bonds is 5. The van der Waals surface area contributed by atoms with Gasteiger partial charge in [0.25, 0.3) is 0 Å².